The largest absolute Gasteiger partial charge is 0.449 e. The van der Waals surface area contributed by atoms with Gasteiger partial charge in [-0.25, -0.2) is 4.39 Å². The summed E-state index contributed by atoms with van der Waals surface area (Å²) in [4.78, 5) is 28.2. The van der Waals surface area contributed by atoms with Gasteiger partial charge < -0.3 is 14.5 Å². The van der Waals surface area contributed by atoms with Crippen molar-refractivity contribution < 1.29 is 27.1 Å². The van der Waals surface area contributed by atoms with Gasteiger partial charge in [0.15, 0.2) is 0 Å². The van der Waals surface area contributed by atoms with E-state index in [2.05, 4.69) is 5.10 Å². The molecule has 0 aliphatic carbocycles. The lowest BCUT2D eigenvalue weighted by molar-refractivity contribution is -0.137. The van der Waals surface area contributed by atoms with Gasteiger partial charge in [0.2, 0.25) is 12.2 Å². The minimum atomic E-state index is -4.52. The number of nitrogens with zero attached hydrogens (tertiary/aromatic N) is 4. The molecular formula is C28H22F4N4O3. The van der Waals surface area contributed by atoms with Crippen molar-refractivity contribution in [2.45, 2.75) is 6.18 Å². The summed E-state index contributed by atoms with van der Waals surface area (Å²) >= 11 is 0. The number of hydrogen-bond donors (Lipinski definition) is 0. The van der Waals surface area contributed by atoms with Crippen LogP contribution < -0.4 is 15.2 Å². The predicted molar refractivity (Wildman–Crippen MR) is 137 cm³/mol. The van der Waals surface area contributed by atoms with Crippen LogP contribution in [0.25, 0.3) is 16.8 Å². The van der Waals surface area contributed by atoms with Crippen molar-refractivity contribution in [1.82, 2.24) is 14.7 Å². The van der Waals surface area contributed by atoms with Gasteiger partial charge in [0.05, 0.1) is 17.4 Å². The standard InChI is InChI=1S/C28H22F4N4O3/c29-22-7-1-19(2-8-22)20-3-11-24(12-4-20)39-26-25(35-15-13-34(18-37)14-16-35)17-33-36(27(26)38)23-9-5-21(6-10-23)28(30,31)32/h1-12,17-18H,13-16H2. The Morgan fingerprint density at radius 1 is 0.821 bits per heavy atom. The first-order valence-corrected chi connectivity index (χ1v) is 12.0. The molecular weight excluding hydrogens is 516 g/mol. The Balaban J connectivity index is 1.50. The van der Waals surface area contributed by atoms with E-state index in [1.54, 1.807) is 41.3 Å². The van der Waals surface area contributed by atoms with E-state index in [0.717, 1.165) is 34.4 Å². The molecule has 0 bridgehead atoms. The van der Waals surface area contributed by atoms with Gasteiger partial charge in [0.1, 0.15) is 17.3 Å². The topological polar surface area (TPSA) is 67.7 Å². The molecule has 0 saturated carbocycles. The maximum atomic E-state index is 13.6. The van der Waals surface area contributed by atoms with Crippen LogP contribution in [0.5, 0.6) is 11.5 Å². The molecule has 7 nitrogen and oxygen atoms in total. The van der Waals surface area contributed by atoms with Gasteiger partial charge in [-0.3, -0.25) is 9.59 Å². The highest BCUT2D eigenvalue weighted by molar-refractivity contribution is 5.65. The molecule has 1 aliphatic rings. The van der Waals surface area contributed by atoms with Crippen molar-refractivity contribution >= 4 is 12.1 Å². The number of rotatable bonds is 6. The summed E-state index contributed by atoms with van der Waals surface area (Å²) in [7, 11) is 0. The fourth-order valence-corrected chi connectivity index (χ4v) is 4.27. The Morgan fingerprint density at radius 3 is 1.97 bits per heavy atom. The fraction of sp³-hybridized carbons (Fsp3) is 0.179. The molecule has 2 heterocycles. The van der Waals surface area contributed by atoms with E-state index >= 15 is 0 Å². The van der Waals surface area contributed by atoms with Crippen molar-refractivity contribution in [2.75, 3.05) is 31.1 Å². The summed E-state index contributed by atoms with van der Waals surface area (Å²) in [6, 6.07) is 17.0. The minimum absolute atomic E-state index is 0.0565. The number of anilines is 1. The van der Waals surface area contributed by atoms with Gasteiger partial charge >= 0.3 is 11.7 Å². The lowest BCUT2D eigenvalue weighted by atomic mass is 10.1. The molecule has 1 amide bonds. The quantitative estimate of drug-likeness (QED) is 0.252. The molecule has 1 aromatic heterocycles. The zero-order valence-electron chi connectivity index (χ0n) is 20.4. The average Bonchev–Trinajstić information content (AvgIpc) is 2.95. The number of ether oxygens (including phenoxy) is 1. The Hall–Kier alpha value is -4.67. The molecule has 4 aromatic rings. The average molecular weight is 539 g/mol. The molecule has 5 rings (SSSR count). The van der Waals surface area contributed by atoms with E-state index in [4.69, 9.17) is 4.74 Å². The van der Waals surface area contributed by atoms with E-state index in [1.807, 2.05) is 4.90 Å². The highest BCUT2D eigenvalue weighted by Gasteiger charge is 2.30. The summed E-state index contributed by atoms with van der Waals surface area (Å²) in [6.45, 7) is 1.75. The fourth-order valence-electron chi connectivity index (χ4n) is 4.27. The number of piperazine rings is 1. The molecule has 3 aromatic carbocycles. The normalized spacial score (nSPS) is 13.8. The first-order chi connectivity index (χ1) is 18.7. The van der Waals surface area contributed by atoms with Crippen LogP contribution in [0.4, 0.5) is 23.2 Å². The van der Waals surface area contributed by atoms with E-state index in [-0.39, 0.29) is 17.3 Å². The lowest BCUT2D eigenvalue weighted by Crippen LogP contribution is -2.46. The van der Waals surface area contributed by atoms with E-state index in [9.17, 15) is 27.2 Å². The molecule has 1 fully saturated rings. The van der Waals surface area contributed by atoms with Gasteiger partial charge in [-0.1, -0.05) is 24.3 Å². The Kier molecular flexibility index (Phi) is 7.05. The first-order valence-electron chi connectivity index (χ1n) is 12.0. The number of aromatic nitrogens is 2. The van der Waals surface area contributed by atoms with Gasteiger partial charge in [-0.2, -0.15) is 23.0 Å². The van der Waals surface area contributed by atoms with Crippen LogP contribution >= 0.6 is 0 Å². The molecule has 200 valence electrons. The minimum Gasteiger partial charge on any atom is -0.449 e. The third kappa shape index (κ3) is 5.62. The second kappa shape index (κ2) is 10.6. The molecule has 0 N–H and O–H groups in total. The molecule has 0 radical (unpaired) electrons. The van der Waals surface area contributed by atoms with Crippen molar-refractivity contribution in [3.8, 4) is 28.3 Å². The molecule has 0 atom stereocenters. The zero-order valence-corrected chi connectivity index (χ0v) is 20.4. The van der Waals surface area contributed by atoms with Crippen LogP contribution in [-0.4, -0.2) is 47.3 Å². The summed E-state index contributed by atoms with van der Waals surface area (Å²) in [5.74, 6) is -0.0582. The van der Waals surface area contributed by atoms with Crippen LogP contribution in [0.1, 0.15) is 5.56 Å². The summed E-state index contributed by atoms with van der Waals surface area (Å²) in [5.41, 5.74) is 0.641. The van der Waals surface area contributed by atoms with Gasteiger partial charge in [-0.05, 0) is 59.7 Å². The Morgan fingerprint density at radius 2 is 1.41 bits per heavy atom. The number of halogens is 4. The molecule has 1 saturated heterocycles. The van der Waals surface area contributed by atoms with Gasteiger partial charge in [0, 0.05) is 26.2 Å². The molecule has 0 spiro atoms. The Labute approximate surface area is 220 Å². The van der Waals surface area contributed by atoms with Gasteiger partial charge in [-0.15, -0.1) is 0 Å². The maximum absolute atomic E-state index is 13.6. The number of carbonyl (C=O) groups excluding carboxylic acids is 1. The SMILES string of the molecule is O=CN1CCN(c2cnn(-c3ccc(C(F)(F)F)cc3)c(=O)c2Oc2ccc(-c3ccc(F)cc3)cc2)CC1. The van der Waals surface area contributed by atoms with Crippen LogP contribution in [0, 0.1) is 5.82 Å². The third-order valence-corrected chi connectivity index (χ3v) is 6.41. The van der Waals surface area contributed by atoms with Crippen LogP contribution in [0.2, 0.25) is 0 Å². The first kappa shape index (κ1) is 26.0. The highest BCUT2D eigenvalue weighted by atomic mass is 19.4. The lowest BCUT2D eigenvalue weighted by Gasteiger charge is -2.34. The summed E-state index contributed by atoms with van der Waals surface area (Å²) in [6.07, 6.45) is -2.32. The molecule has 11 heteroatoms. The monoisotopic (exact) mass is 538 g/mol. The molecule has 1 aliphatic heterocycles. The summed E-state index contributed by atoms with van der Waals surface area (Å²) in [5, 5.41) is 4.21. The van der Waals surface area contributed by atoms with E-state index in [0.29, 0.717) is 37.6 Å². The second-order valence-electron chi connectivity index (χ2n) is 8.88. The maximum Gasteiger partial charge on any atom is 0.416 e. The summed E-state index contributed by atoms with van der Waals surface area (Å²) < 4.78 is 59.4. The van der Waals surface area contributed by atoms with Crippen molar-refractivity contribution in [2.24, 2.45) is 0 Å². The van der Waals surface area contributed by atoms with Crippen LogP contribution in [0.15, 0.2) is 83.8 Å². The number of hydrogen-bond acceptors (Lipinski definition) is 5. The van der Waals surface area contributed by atoms with Crippen LogP contribution in [-0.2, 0) is 11.0 Å². The Bertz CT molecular complexity index is 1510. The number of alkyl halides is 3. The van der Waals surface area contributed by atoms with E-state index in [1.165, 1.54) is 30.5 Å². The van der Waals surface area contributed by atoms with Crippen molar-refractivity contribution in [3.63, 3.8) is 0 Å². The third-order valence-electron chi connectivity index (χ3n) is 6.41. The number of carbonyl (C=O) groups is 1. The smallest absolute Gasteiger partial charge is 0.416 e. The van der Waals surface area contributed by atoms with Crippen molar-refractivity contribution in [1.29, 1.82) is 0 Å². The van der Waals surface area contributed by atoms with Crippen molar-refractivity contribution in [3.05, 3.63) is 101 Å². The highest BCUT2D eigenvalue weighted by Crippen LogP contribution is 2.32. The molecule has 39 heavy (non-hydrogen) atoms. The number of benzene rings is 3. The van der Waals surface area contributed by atoms with Crippen LogP contribution in [0.3, 0.4) is 0 Å². The van der Waals surface area contributed by atoms with E-state index < -0.39 is 17.3 Å². The molecule has 0 unspecified atom stereocenters. The zero-order chi connectivity index (χ0) is 27.6. The second-order valence-corrected chi connectivity index (χ2v) is 8.88. The predicted octanol–water partition coefficient (Wildman–Crippen LogP) is 5.13. The van der Waals surface area contributed by atoms with Gasteiger partial charge in [0.25, 0.3) is 0 Å². The number of amides is 1.